The lowest BCUT2D eigenvalue weighted by Crippen LogP contribution is -2.47. The number of aromatic nitrogens is 5. The molecule has 0 saturated carbocycles. The van der Waals surface area contributed by atoms with Gasteiger partial charge in [-0.15, -0.1) is 16.4 Å². The number of nitrogens with two attached hydrogens (primary N) is 1. The normalized spacial score (nSPS) is 23.8. The molecular formula is C20H25F3N7OS+. The molecule has 2 aliphatic rings. The molecule has 0 aromatic carbocycles. The SMILES string of the molecule is CCCc1cc2c(C3CC[n+]4c(C(F)(F)F)n[nH]c4C3)nc(N3CC(N)C(O)C3)nc2s1. The zero-order valence-electron chi connectivity index (χ0n) is 17.6. The van der Waals surface area contributed by atoms with Crippen LogP contribution in [-0.4, -0.2) is 50.5 Å². The summed E-state index contributed by atoms with van der Waals surface area (Å²) < 4.78 is 41.0. The molecule has 1 saturated heterocycles. The third kappa shape index (κ3) is 3.73. The molecule has 0 amide bonds. The first-order chi connectivity index (χ1) is 15.2. The van der Waals surface area contributed by atoms with Crippen molar-refractivity contribution in [1.82, 2.24) is 20.2 Å². The van der Waals surface area contributed by atoms with Crippen LogP contribution in [0.2, 0.25) is 0 Å². The second-order valence-corrected chi connectivity index (χ2v) is 9.67. The minimum atomic E-state index is -4.49. The van der Waals surface area contributed by atoms with E-state index in [0.29, 0.717) is 37.7 Å². The first-order valence-electron chi connectivity index (χ1n) is 10.8. The Labute approximate surface area is 186 Å². The van der Waals surface area contributed by atoms with E-state index < -0.39 is 18.1 Å². The van der Waals surface area contributed by atoms with Crippen molar-refractivity contribution >= 4 is 27.5 Å². The van der Waals surface area contributed by atoms with E-state index in [-0.39, 0.29) is 18.5 Å². The molecular weight excluding hydrogens is 443 g/mol. The third-order valence-electron chi connectivity index (χ3n) is 6.23. The average Bonchev–Trinajstić information content (AvgIpc) is 3.43. The Balaban J connectivity index is 1.54. The number of hydrogen-bond acceptors (Lipinski definition) is 7. The van der Waals surface area contributed by atoms with E-state index in [4.69, 9.17) is 15.7 Å². The topological polar surface area (TPSA) is 108 Å². The van der Waals surface area contributed by atoms with Crippen LogP contribution in [-0.2, 0) is 25.6 Å². The Hall–Kier alpha value is -2.31. The molecule has 5 heterocycles. The Morgan fingerprint density at radius 1 is 1.34 bits per heavy atom. The molecule has 0 spiro atoms. The molecule has 3 aromatic rings. The van der Waals surface area contributed by atoms with E-state index in [1.54, 1.807) is 11.3 Å². The van der Waals surface area contributed by atoms with Gasteiger partial charge < -0.3 is 15.7 Å². The highest BCUT2D eigenvalue weighted by molar-refractivity contribution is 7.18. The van der Waals surface area contributed by atoms with Gasteiger partial charge in [0.2, 0.25) is 11.8 Å². The van der Waals surface area contributed by atoms with Crippen LogP contribution < -0.4 is 15.2 Å². The summed E-state index contributed by atoms with van der Waals surface area (Å²) in [6, 6.07) is 1.75. The van der Waals surface area contributed by atoms with Crippen LogP contribution in [0.3, 0.4) is 0 Å². The molecule has 12 heteroatoms. The first kappa shape index (κ1) is 21.5. The summed E-state index contributed by atoms with van der Waals surface area (Å²) >= 11 is 1.62. The Morgan fingerprint density at radius 3 is 2.84 bits per heavy atom. The number of anilines is 1. The van der Waals surface area contributed by atoms with Crippen molar-refractivity contribution in [3.05, 3.63) is 28.3 Å². The van der Waals surface area contributed by atoms with Crippen molar-refractivity contribution in [2.75, 3.05) is 18.0 Å². The lowest BCUT2D eigenvalue weighted by atomic mass is 9.92. The largest absolute Gasteiger partial charge is 0.485 e. The van der Waals surface area contributed by atoms with E-state index in [1.165, 1.54) is 9.44 Å². The van der Waals surface area contributed by atoms with E-state index in [1.807, 2.05) is 4.90 Å². The van der Waals surface area contributed by atoms with Gasteiger partial charge in [-0.1, -0.05) is 13.3 Å². The lowest BCUT2D eigenvalue weighted by Gasteiger charge is -2.23. The van der Waals surface area contributed by atoms with Crippen LogP contribution >= 0.6 is 11.3 Å². The number of thiophene rings is 1. The van der Waals surface area contributed by atoms with E-state index in [9.17, 15) is 18.3 Å². The highest BCUT2D eigenvalue weighted by Crippen LogP contribution is 2.37. The monoisotopic (exact) mass is 468 g/mol. The van der Waals surface area contributed by atoms with Crippen molar-refractivity contribution < 1.29 is 22.8 Å². The fourth-order valence-electron chi connectivity index (χ4n) is 4.61. The summed E-state index contributed by atoms with van der Waals surface area (Å²) in [5.74, 6) is 0.0132. The number of halogens is 3. The minimum absolute atomic E-state index is 0.0638. The number of aryl methyl sites for hydroxylation is 1. The van der Waals surface area contributed by atoms with Crippen molar-refractivity contribution in [2.24, 2.45) is 5.73 Å². The number of aliphatic hydroxyl groups is 1. The smallest absolute Gasteiger partial charge is 0.390 e. The fraction of sp³-hybridized carbons (Fsp3) is 0.600. The number of β-amino-alcohol motifs (C(OH)–C–C–N with tert-alkyl or cyclic N) is 1. The lowest BCUT2D eigenvalue weighted by molar-refractivity contribution is -0.727. The zero-order chi connectivity index (χ0) is 22.6. The van der Waals surface area contributed by atoms with Crippen molar-refractivity contribution in [2.45, 2.75) is 63.4 Å². The predicted molar refractivity (Wildman–Crippen MR) is 112 cm³/mol. The highest BCUT2D eigenvalue weighted by Gasteiger charge is 2.46. The first-order valence-corrected chi connectivity index (χ1v) is 11.6. The summed E-state index contributed by atoms with van der Waals surface area (Å²) in [7, 11) is 0. The van der Waals surface area contributed by atoms with Crippen LogP contribution in [0.25, 0.3) is 10.2 Å². The molecule has 8 nitrogen and oxygen atoms in total. The molecule has 3 atom stereocenters. The van der Waals surface area contributed by atoms with Gasteiger partial charge in [0.15, 0.2) is 0 Å². The zero-order valence-corrected chi connectivity index (χ0v) is 18.4. The molecule has 0 aliphatic carbocycles. The average molecular weight is 469 g/mol. The van der Waals surface area contributed by atoms with Gasteiger partial charge in [0, 0.05) is 46.8 Å². The predicted octanol–water partition coefficient (Wildman–Crippen LogP) is 1.91. The number of rotatable bonds is 4. The summed E-state index contributed by atoms with van der Waals surface area (Å²) in [4.78, 5) is 13.6. The number of alkyl halides is 3. The fourth-order valence-corrected chi connectivity index (χ4v) is 5.74. The van der Waals surface area contributed by atoms with E-state index in [2.05, 4.69) is 23.2 Å². The standard InChI is InChI=1S/C20H24F3N7OS/c1-2-3-11-7-12-16(10-4-5-30-15(6-10)27-28-18(30)20(21,22)23)25-19(26-17(12)32-11)29-8-13(24)14(31)9-29/h7,10,13-14,31H,2-6,8-9,24H2,1H3/p+1. The number of aliphatic hydroxyl groups excluding tert-OH is 1. The Morgan fingerprint density at radius 2 is 2.16 bits per heavy atom. The van der Waals surface area contributed by atoms with Gasteiger partial charge in [0.1, 0.15) is 4.83 Å². The van der Waals surface area contributed by atoms with Gasteiger partial charge in [-0.2, -0.15) is 13.2 Å². The molecule has 0 bridgehead atoms. The number of nitrogens with zero attached hydrogens (tertiary/aromatic N) is 5. The van der Waals surface area contributed by atoms with Gasteiger partial charge in [-0.25, -0.2) is 14.5 Å². The van der Waals surface area contributed by atoms with E-state index >= 15 is 0 Å². The maximum atomic E-state index is 13.2. The summed E-state index contributed by atoms with van der Waals surface area (Å²) in [5, 5.41) is 17.1. The maximum absolute atomic E-state index is 13.2. The quantitative estimate of drug-likeness (QED) is 0.505. The Bertz CT molecular complexity index is 1130. The second-order valence-electron chi connectivity index (χ2n) is 8.56. The van der Waals surface area contributed by atoms with Crippen LogP contribution in [0, 0.1) is 0 Å². The highest BCUT2D eigenvalue weighted by atomic mass is 32.1. The van der Waals surface area contributed by atoms with Gasteiger partial charge in [0.25, 0.3) is 0 Å². The summed E-state index contributed by atoms with van der Waals surface area (Å²) in [6.07, 6.45) is -2.29. The second kappa shape index (κ2) is 7.92. The molecule has 5 rings (SSSR count). The molecule has 4 N–H and O–H groups in total. The van der Waals surface area contributed by atoms with Gasteiger partial charge in [0.05, 0.1) is 18.3 Å². The summed E-state index contributed by atoms with van der Waals surface area (Å²) in [5.41, 5.74) is 6.82. The number of H-pyrrole nitrogens is 1. The maximum Gasteiger partial charge on any atom is 0.485 e. The van der Waals surface area contributed by atoms with Gasteiger partial charge in [-0.3, -0.25) is 0 Å². The molecule has 2 aliphatic heterocycles. The molecule has 1 fully saturated rings. The molecule has 0 radical (unpaired) electrons. The number of fused-ring (bicyclic) bond motifs is 2. The molecule has 3 aromatic heterocycles. The van der Waals surface area contributed by atoms with Gasteiger partial charge >= 0.3 is 12.0 Å². The van der Waals surface area contributed by atoms with Crippen LogP contribution in [0.4, 0.5) is 19.1 Å². The number of nitrogens with one attached hydrogen (secondary N) is 1. The van der Waals surface area contributed by atoms with Crippen molar-refractivity contribution in [3.8, 4) is 0 Å². The third-order valence-corrected chi connectivity index (χ3v) is 7.32. The van der Waals surface area contributed by atoms with Crippen molar-refractivity contribution in [3.63, 3.8) is 0 Å². The Kier molecular flexibility index (Phi) is 5.33. The van der Waals surface area contributed by atoms with Gasteiger partial charge in [-0.05, 0) is 18.9 Å². The van der Waals surface area contributed by atoms with Crippen LogP contribution in [0.15, 0.2) is 6.07 Å². The molecule has 3 unspecified atom stereocenters. The molecule has 172 valence electrons. The van der Waals surface area contributed by atoms with Crippen LogP contribution in [0.5, 0.6) is 0 Å². The number of hydrogen-bond donors (Lipinski definition) is 3. The van der Waals surface area contributed by atoms with Crippen LogP contribution in [0.1, 0.15) is 47.9 Å². The van der Waals surface area contributed by atoms with Crippen molar-refractivity contribution in [1.29, 1.82) is 0 Å². The number of aromatic amines is 1. The molecule has 32 heavy (non-hydrogen) atoms. The minimum Gasteiger partial charge on any atom is -0.390 e. The van der Waals surface area contributed by atoms with E-state index in [0.717, 1.165) is 28.8 Å². The summed E-state index contributed by atoms with van der Waals surface area (Å²) in [6.45, 7) is 3.15.